The summed E-state index contributed by atoms with van der Waals surface area (Å²) in [6.45, 7) is 3.94. The van der Waals surface area contributed by atoms with Crippen LogP contribution in [0.4, 0.5) is 0 Å². The zero-order chi connectivity index (χ0) is 13.1. The number of ether oxygens (including phenoxy) is 1. The Hall–Kier alpha value is -1.80. The van der Waals surface area contributed by atoms with E-state index >= 15 is 0 Å². The lowest BCUT2D eigenvalue weighted by atomic mass is 10.0. The molecule has 3 rings (SSSR count). The van der Waals surface area contributed by atoms with Gasteiger partial charge in [0.2, 0.25) is 0 Å². The predicted octanol–water partition coefficient (Wildman–Crippen LogP) is 3.51. The molecule has 98 valence electrons. The molecule has 0 radical (unpaired) electrons. The molecule has 0 saturated heterocycles. The van der Waals surface area contributed by atoms with E-state index in [-0.39, 0.29) is 0 Å². The Morgan fingerprint density at radius 3 is 2.68 bits per heavy atom. The fourth-order valence-electron chi connectivity index (χ4n) is 2.58. The normalized spacial score (nSPS) is 18.7. The first-order chi connectivity index (χ1) is 9.34. The highest BCUT2D eigenvalue weighted by Crippen LogP contribution is 2.33. The fraction of sp³-hybridized carbons (Fsp3) is 0.294. The van der Waals surface area contributed by atoms with Gasteiger partial charge in [-0.25, -0.2) is 0 Å². The molecule has 2 heteroatoms. The Bertz CT molecular complexity index is 538. The molecule has 0 bridgehead atoms. The van der Waals surface area contributed by atoms with Gasteiger partial charge in [0, 0.05) is 24.1 Å². The summed E-state index contributed by atoms with van der Waals surface area (Å²) in [5, 5.41) is 3.60. The number of hydrogen-bond acceptors (Lipinski definition) is 2. The van der Waals surface area contributed by atoms with Crippen LogP contribution in [0.1, 0.15) is 30.0 Å². The van der Waals surface area contributed by atoms with Gasteiger partial charge in [0.15, 0.2) is 0 Å². The van der Waals surface area contributed by atoms with Gasteiger partial charge in [-0.3, -0.25) is 0 Å². The Kier molecular flexibility index (Phi) is 3.51. The van der Waals surface area contributed by atoms with Gasteiger partial charge in [-0.05, 0) is 18.6 Å². The zero-order valence-corrected chi connectivity index (χ0v) is 11.2. The van der Waals surface area contributed by atoms with Crippen LogP contribution in [0, 0.1) is 0 Å². The summed E-state index contributed by atoms with van der Waals surface area (Å²) in [6, 6.07) is 19.3. The zero-order valence-electron chi connectivity index (χ0n) is 11.2. The van der Waals surface area contributed by atoms with Crippen LogP contribution in [0.2, 0.25) is 0 Å². The third-order valence-corrected chi connectivity index (χ3v) is 3.77. The molecule has 0 amide bonds. The van der Waals surface area contributed by atoms with Crippen LogP contribution >= 0.6 is 0 Å². The molecule has 2 atom stereocenters. The van der Waals surface area contributed by atoms with Crippen LogP contribution in [0.5, 0.6) is 5.75 Å². The van der Waals surface area contributed by atoms with Crippen molar-refractivity contribution < 1.29 is 4.74 Å². The van der Waals surface area contributed by atoms with Gasteiger partial charge in [-0.2, -0.15) is 0 Å². The fourth-order valence-corrected chi connectivity index (χ4v) is 2.58. The molecule has 1 aliphatic heterocycles. The highest BCUT2D eigenvalue weighted by Gasteiger charge is 2.23. The van der Waals surface area contributed by atoms with Crippen molar-refractivity contribution in [3.05, 3.63) is 65.7 Å². The first kappa shape index (κ1) is 12.2. The first-order valence-corrected chi connectivity index (χ1v) is 6.84. The van der Waals surface area contributed by atoms with E-state index < -0.39 is 0 Å². The summed E-state index contributed by atoms with van der Waals surface area (Å²) in [5.41, 5.74) is 2.66. The molecule has 1 unspecified atom stereocenters. The van der Waals surface area contributed by atoms with E-state index in [2.05, 4.69) is 60.8 Å². The molecule has 2 aromatic carbocycles. The van der Waals surface area contributed by atoms with Crippen LogP contribution in [0.25, 0.3) is 0 Å². The first-order valence-electron chi connectivity index (χ1n) is 6.84. The quantitative estimate of drug-likeness (QED) is 0.900. The van der Waals surface area contributed by atoms with Crippen molar-refractivity contribution in [2.75, 3.05) is 13.2 Å². The van der Waals surface area contributed by atoms with Crippen LogP contribution in [-0.4, -0.2) is 13.2 Å². The summed E-state index contributed by atoms with van der Waals surface area (Å²) in [4.78, 5) is 0. The van der Waals surface area contributed by atoms with E-state index in [9.17, 15) is 0 Å². The average molecular weight is 253 g/mol. The number of fused-ring (bicyclic) bond motifs is 1. The van der Waals surface area contributed by atoms with Gasteiger partial charge < -0.3 is 10.1 Å². The highest BCUT2D eigenvalue weighted by molar-refractivity contribution is 5.39. The molecule has 1 aliphatic rings. The monoisotopic (exact) mass is 253 g/mol. The van der Waals surface area contributed by atoms with Crippen molar-refractivity contribution in [3.63, 3.8) is 0 Å². The maximum atomic E-state index is 5.71. The molecule has 0 aromatic heterocycles. The minimum atomic E-state index is 0.369. The van der Waals surface area contributed by atoms with Crippen LogP contribution in [0.15, 0.2) is 54.6 Å². The van der Waals surface area contributed by atoms with Crippen LogP contribution in [-0.2, 0) is 0 Å². The summed E-state index contributed by atoms with van der Waals surface area (Å²) in [6.07, 6.45) is 0. The summed E-state index contributed by atoms with van der Waals surface area (Å²) >= 11 is 0. The predicted molar refractivity (Wildman–Crippen MR) is 77.5 cm³/mol. The van der Waals surface area contributed by atoms with Gasteiger partial charge >= 0.3 is 0 Å². The van der Waals surface area contributed by atoms with Crippen molar-refractivity contribution >= 4 is 0 Å². The molecular formula is C17H19NO. The number of para-hydroxylation sites is 1. The van der Waals surface area contributed by atoms with Gasteiger partial charge in [0.1, 0.15) is 5.75 Å². The molecule has 1 N–H and O–H groups in total. The second-order valence-electron chi connectivity index (χ2n) is 5.09. The smallest absolute Gasteiger partial charge is 0.122 e. The molecule has 19 heavy (non-hydrogen) atoms. The van der Waals surface area contributed by atoms with Crippen molar-refractivity contribution in [3.8, 4) is 5.75 Å². The molecular weight excluding hydrogens is 234 g/mol. The van der Waals surface area contributed by atoms with Crippen LogP contribution in [0.3, 0.4) is 0 Å². The van der Waals surface area contributed by atoms with E-state index in [1.165, 1.54) is 11.1 Å². The van der Waals surface area contributed by atoms with E-state index in [0.29, 0.717) is 12.0 Å². The topological polar surface area (TPSA) is 21.3 Å². The third-order valence-electron chi connectivity index (χ3n) is 3.77. The largest absolute Gasteiger partial charge is 0.493 e. The van der Waals surface area contributed by atoms with Crippen molar-refractivity contribution in [1.82, 2.24) is 5.32 Å². The van der Waals surface area contributed by atoms with E-state index in [0.717, 1.165) is 18.9 Å². The van der Waals surface area contributed by atoms with E-state index in [1.54, 1.807) is 0 Å². The van der Waals surface area contributed by atoms with Gasteiger partial charge in [0.25, 0.3) is 0 Å². The molecule has 2 aromatic rings. The van der Waals surface area contributed by atoms with Gasteiger partial charge in [-0.15, -0.1) is 0 Å². The molecule has 1 heterocycles. The summed E-state index contributed by atoms with van der Waals surface area (Å²) < 4.78 is 5.71. The molecule has 0 fully saturated rings. The maximum Gasteiger partial charge on any atom is 0.122 e. The maximum absolute atomic E-state index is 5.71. The molecule has 0 saturated carbocycles. The lowest BCUT2D eigenvalue weighted by molar-refractivity contribution is 0.323. The second-order valence-corrected chi connectivity index (χ2v) is 5.09. The van der Waals surface area contributed by atoms with Crippen molar-refractivity contribution in [1.29, 1.82) is 0 Å². The molecule has 0 spiro atoms. The minimum Gasteiger partial charge on any atom is -0.493 e. The molecule has 2 nitrogen and oxygen atoms in total. The Labute approximate surface area is 114 Å². The Morgan fingerprint density at radius 1 is 1.11 bits per heavy atom. The Balaban J connectivity index is 1.62. The van der Waals surface area contributed by atoms with Gasteiger partial charge in [-0.1, -0.05) is 48.5 Å². The van der Waals surface area contributed by atoms with E-state index in [1.807, 2.05) is 6.07 Å². The minimum absolute atomic E-state index is 0.369. The van der Waals surface area contributed by atoms with Crippen molar-refractivity contribution in [2.45, 2.75) is 18.9 Å². The van der Waals surface area contributed by atoms with Gasteiger partial charge in [0.05, 0.1) is 6.61 Å². The van der Waals surface area contributed by atoms with E-state index in [4.69, 9.17) is 4.74 Å². The number of nitrogens with one attached hydrogen (secondary N) is 1. The molecule has 0 aliphatic carbocycles. The summed E-state index contributed by atoms with van der Waals surface area (Å²) in [7, 11) is 0. The number of rotatable bonds is 4. The van der Waals surface area contributed by atoms with Crippen LogP contribution < -0.4 is 10.1 Å². The number of benzene rings is 2. The SMILES string of the molecule is C[C@@H](NCC1COc2ccccc21)c1ccccc1. The third kappa shape index (κ3) is 2.64. The second kappa shape index (κ2) is 5.45. The average Bonchev–Trinajstić information content (AvgIpc) is 2.89. The van der Waals surface area contributed by atoms with Crippen molar-refractivity contribution in [2.24, 2.45) is 0 Å². The number of hydrogen-bond donors (Lipinski definition) is 1. The standard InChI is InChI=1S/C17H19NO/c1-13(14-7-3-2-4-8-14)18-11-15-12-19-17-10-6-5-9-16(15)17/h2-10,13,15,18H,11-12H2,1H3/t13-,15?/m1/s1. The highest BCUT2D eigenvalue weighted by atomic mass is 16.5. The summed E-state index contributed by atoms with van der Waals surface area (Å²) in [5.74, 6) is 1.50. The Morgan fingerprint density at radius 2 is 1.84 bits per heavy atom. The lowest BCUT2D eigenvalue weighted by Crippen LogP contribution is -2.25. The lowest BCUT2D eigenvalue weighted by Gasteiger charge is -2.17.